The van der Waals surface area contributed by atoms with Gasteiger partial charge in [0, 0.05) is 26.2 Å². The zero-order valence-electron chi connectivity index (χ0n) is 14.4. The van der Waals surface area contributed by atoms with Crippen LogP contribution in [0.2, 0.25) is 5.02 Å². The molecule has 6 nitrogen and oxygen atoms in total. The predicted octanol–water partition coefficient (Wildman–Crippen LogP) is 2.56. The van der Waals surface area contributed by atoms with Crippen molar-refractivity contribution in [3.05, 3.63) is 47.2 Å². The van der Waals surface area contributed by atoms with E-state index in [2.05, 4.69) is 21.3 Å². The molecule has 5 rings (SSSR count). The summed E-state index contributed by atoms with van der Waals surface area (Å²) in [4.78, 5) is 6.76. The lowest BCUT2D eigenvalue weighted by atomic mass is 10.1. The van der Waals surface area contributed by atoms with Gasteiger partial charge in [-0.25, -0.2) is 0 Å². The van der Waals surface area contributed by atoms with Gasteiger partial charge in [-0.3, -0.25) is 4.98 Å². The first-order valence-corrected chi connectivity index (χ1v) is 9.23. The van der Waals surface area contributed by atoms with E-state index in [1.807, 2.05) is 25.1 Å². The number of hydrogen-bond acceptors (Lipinski definition) is 6. The van der Waals surface area contributed by atoms with E-state index in [-0.39, 0.29) is 0 Å². The zero-order chi connectivity index (χ0) is 17.7. The molecule has 1 aromatic carbocycles. The van der Waals surface area contributed by atoms with Crippen molar-refractivity contribution in [3.8, 4) is 11.5 Å². The summed E-state index contributed by atoms with van der Waals surface area (Å²) in [5, 5.41) is 4.12. The zero-order valence-corrected chi connectivity index (χ0v) is 15.2. The van der Waals surface area contributed by atoms with Crippen molar-refractivity contribution in [2.24, 2.45) is 0 Å². The van der Waals surface area contributed by atoms with Gasteiger partial charge >= 0.3 is 0 Å². The Bertz CT molecular complexity index is 831. The van der Waals surface area contributed by atoms with Gasteiger partial charge in [0.15, 0.2) is 11.5 Å². The molecule has 0 unspecified atom stereocenters. The molecule has 1 N–H and O–H groups in total. The summed E-state index contributed by atoms with van der Waals surface area (Å²) in [7, 11) is 0. The molecular formula is C19H20ClN3O3. The molecule has 2 aromatic rings. The molecule has 1 aromatic heterocycles. The highest BCUT2D eigenvalue weighted by Crippen LogP contribution is 2.49. The van der Waals surface area contributed by atoms with Crippen molar-refractivity contribution in [3.63, 3.8) is 0 Å². The second-order valence-corrected chi connectivity index (χ2v) is 7.41. The lowest BCUT2D eigenvalue weighted by Gasteiger charge is -2.39. The van der Waals surface area contributed by atoms with Crippen LogP contribution in [0.5, 0.6) is 11.5 Å². The number of nitrogens with zero attached hydrogens (tertiary/aromatic N) is 2. The maximum Gasteiger partial charge on any atom is 0.292 e. The van der Waals surface area contributed by atoms with Crippen LogP contribution in [0, 0.1) is 0 Å². The number of rotatable bonds is 2. The van der Waals surface area contributed by atoms with Crippen LogP contribution >= 0.6 is 11.6 Å². The number of piperazine rings is 1. The fourth-order valence-electron chi connectivity index (χ4n) is 3.97. The number of fused-ring (bicyclic) bond motifs is 2. The molecule has 3 aliphatic rings. The van der Waals surface area contributed by atoms with E-state index in [1.54, 1.807) is 12.3 Å². The Kier molecular flexibility index (Phi) is 3.74. The molecule has 7 heteroatoms. The lowest BCUT2D eigenvalue weighted by Crippen LogP contribution is -2.57. The van der Waals surface area contributed by atoms with Gasteiger partial charge in [-0.2, -0.15) is 0 Å². The van der Waals surface area contributed by atoms with E-state index in [0.717, 1.165) is 43.5 Å². The molecule has 4 heterocycles. The van der Waals surface area contributed by atoms with Crippen molar-refractivity contribution >= 4 is 17.3 Å². The summed E-state index contributed by atoms with van der Waals surface area (Å²) in [5.41, 5.74) is 1.73. The van der Waals surface area contributed by atoms with E-state index in [0.29, 0.717) is 22.8 Å². The molecule has 136 valence electrons. The van der Waals surface area contributed by atoms with Gasteiger partial charge in [0.05, 0.1) is 36.0 Å². The number of halogens is 1. The molecule has 26 heavy (non-hydrogen) atoms. The van der Waals surface area contributed by atoms with E-state index in [4.69, 9.17) is 25.8 Å². The van der Waals surface area contributed by atoms with Gasteiger partial charge in [0.25, 0.3) is 5.79 Å². The molecule has 0 spiro atoms. The summed E-state index contributed by atoms with van der Waals surface area (Å²) in [5.74, 6) is 0.526. The quantitative estimate of drug-likeness (QED) is 0.873. The Morgan fingerprint density at radius 3 is 3.00 bits per heavy atom. The number of ether oxygens (including phenoxy) is 3. The van der Waals surface area contributed by atoms with Crippen LogP contribution in [0.15, 0.2) is 36.5 Å². The van der Waals surface area contributed by atoms with Crippen LogP contribution in [0.25, 0.3) is 0 Å². The van der Waals surface area contributed by atoms with Crippen molar-refractivity contribution in [2.45, 2.75) is 24.8 Å². The van der Waals surface area contributed by atoms with Crippen LogP contribution in [0.3, 0.4) is 0 Å². The second-order valence-electron chi connectivity index (χ2n) is 6.97. The SMILES string of the molecule is C[C@]1(c2ccc(Cl)cn2)Oc2cccc(N3CCN[C@H]4COC[C@H]43)c2O1. The summed E-state index contributed by atoms with van der Waals surface area (Å²) < 4.78 is 18.2. The van der Waals surface area contributed by atoms with Gasteiger partial charge in [-0.05, 0) is 24.3 Å². The summed E-state index contributed by atoms with van der Waals surface area (Å²) in [6.45, 7) is 5.18. The average molecular weight is 374 g/mol. The molecule has 2 saturated heterocycles. The fraction of sp³-hybridized carbons (Fsp3) is 0.421. The largest absolute Gasteiger partial charge is 0.443 e. The number of pyridine rings is 1. The molecule has 0 saturated carbocycles. The molecule has 0 amide bonds. The molecule has 0 radical (unpaired) electrons. The van der Waals surface area contributed by atoms with E-state index >= 15 is 0 Å². The van der Waals surface area contributed by atoms with Crippen molar-refractivity contribution < 1.29 is 14.2 Å². The second kappa shape index (κ2) is 6.01. The molecule has 0 aliphatic carbocycles. The van der Waals surface area contributed by atoms with Crippen LogP contribution in [0.4, 0.5) is 5.69 Å². The minimum Gasteiger partial charge on any atom is -0.443 e. The summed E-state index contributed by atoms with van der Waals surface area (Å²) in [6, 6.07) is 10.3. The minimum absolute atomic E-state index is 0.305. The van der Waals surface area contributed by atoms with Crippen LogP contribution in [0.1, 0.15) is 12.6 Å². The third kappa shape index (κ3) is 2.52. The highest BCUT2D eigenvalue weighted by atomic mass is 35.5. The first kappa shape index (κ1) is 16.2. The van der Waals surface area contributed by atoms with Crippen molar-refractivity contribution in [2.75, 3.05) is 31.2 Å². The Hall–Kier alpha value is -2.02. The van der Waals surface area contributed by atoms with Crippen molar-refractivity contribution in [1.82, 2.24) is 10.3 Å². The number of hydrogen-bond donors (Lipinski definition) is 1. The van der Waals surface area contributed by atoms with Gasteiger partial charge < -0.3 is 24.4 Å². The molecule has 3 atom stereocenters. The highest BCUT2D eigenvalue weighted by molar-refractivity contribution is 6.30. The van der Waals surface area contributed by atoms with Gasteiger partial charge in [-0.15, -0.1) is 0 Å². The fourth-order valence-corrected chi connectivity index (χ4v) is 4.08. The Labute approximate surface area is 157 Å². The number of para-hydroxylation sites is 1. The summed E-state index contributed by atoms with van der Waals surface area (Å²) >= 11 is 5.96. The number of nitrogens with one attached hydrogen (secondary N) is 1. The Balaban J connectivity index is 1.50. The smallest absolute Gasteiger partial charge is 0.292 e. The van der Waals surface area contributed by atoms with Crippen molar-refractivity contribution in [1.29, 1.82) is 0 Å². The number of benzene rings is 1. The summed E-state index contributed by atoms with van der Waals surface area (Å²) in [6.07, 6.45) is 1.61. The van der Waals surface area contributed by atoms with Crippen LogP contribution in [-0.4, -0.2) is 43.4 Å². The third-order valence-electron chi connectivity index (χ3n) is 5.27. The maximum atomic E-state index is 6.32. The maximum absolute atomic E-state index is 6.32. The lowest BCUT2D eigenvalue weighted by molar-refractivity contribution is -0.0716. The van der Waals surface area contributed by atoms with Crippen LogP contribution in [-0.2, 0) is 10.5 Å². The van der Waals surface area contributed by atoms with Gasteiger partial charge in [-0.1, -0.05) is 17.7 Å². The number of aromatic nitrogens is 1. The first-order chi connectivity index (χ1) is 12.6. The minimum atomic E-state index is -0.970. The monoisotopic (exact) mass is 373 g/mol. The molecule has 2 fully saturated rings. The molecule has 3 aliphatic heterocycles. The van der Waals surface area contributed by atoms with Gasteiger partial charge in [0.1, 0.15) is 5.69 Å². The predicted molar refractivity (Wildman–Crippen MR) is 98.0 cm³/mol. The average Bonchev–Trinajstić information content (AvgIpc) is 3.25. The third-order valence-corrected chi connectivity index (χ3v) is 5.50. The Morgan fingerprint density at radius 1 is 1.23 bits per heavy atom. The standard InChI is InChI=1S/C19H20ClN3O3/c1-19(17-6-5-12(20)9-22-17)25-16-4-2-3-14(18(16)26-19)23-8-7-21-13-10-24-11-15(13)23/h2-6,9,13,15,21H,7-8,10-11H2,1H3/t13-,15+,19-/m0/s1. The molecular weight excluding hydrogens is 354 g/mol. The van der Waals surface area contributed by atoms with E-state index in [9.17, 15) is 0 Å². The van der Waals surface area contributed by atoms with Crippen LogP contribution < -0.4 is 19.7 Å². The normalized spacial score (nSPS) is 29.7. The molecule has 0 bridgehead atoms. The van der Waals surface area contributed by atoms with Gasteiger partial charge in [0.2, 0.25) is 0 Å². The van der Waals surface area contributed by atoms with E-state index < -0.39 is 5.79 Å². The van der Waals surface area contributed by atoms with E-state index in [1.165, 1.54) is 0 Å². The topological polar surface area (TPSA) is 55.9 Å². The number of anilines is 1. The highest BCUT2D eigenvalue weighted by Gasteiger charge is 2.44. The first-order valence-electron chi connectivity index (χ1n) is 8.85. The Morgan fingerprint density at radius 2 is 2.15 bits per heavy atom.